The SMILES string of the molecule is Cc1ccc(NC(=O)c2c(C)nn(-c3ccc(F)cc3)c2-n2cccc2)c(C)c1. The van der Waals surface area contributed by atoms with Crippen LogP contribution in [-0.4, -0.2) is 20.3 Å². The lowest BCUT2D eigenvalue weighted by atomic mass is 10.1. The molecule has 4 rings (SSSR count). The zero-order valence-electron chi connectivity index (χ0n) is 16.5. The number of nitrogens with zero attached hydrogens (tertiary/aromatic N) is 3. The summed E-state index contributed by atoms with van der Waals surface area (Å²) < 4.78 is 16.9. The Bertz CT molecular complexity index is 1170. The molecule has 1 amide bonds. The van der Waals surface area contributed by atoms with E-state index in [0.29, 0.717) is 22.8 Å². The maximum absolute atomic E-state index is 13.4. The molecule has 0 spiro atoms. The number of rotatable bonds is 4. The van der Waals surface area contributed by atoms with Gasteiger partial charge in [-0.25, -0.2) is 9.07 Å². The van der Waals surface area contributed by atoms with Crippen molar-refractivity contribution in [1.29, 1.82) is 0 Å². The molecule has 0 aliphatic rings. The van der Waals surface area contributed by atoms with Crippen molar-refractivity contribution < 1.29 is 9.18 Å². The summed E-state index contributed by atoms with van der Waals surface area (Å²) in [6, 6.07) is 15.7. The Morgan fingerprint density at radius 3 is 2.34 bits per heavy atom. The Morgan fingerprint density at radius 1 is 1.00 bits per heavy atom. The van der Waals surface area contributed by atoms with Gasteiger partial charge in [-0.05, 0) is 68.8 Å². The molecule has 0 radical (unpaired) electrons. The van der Waals surface area contributed by atoms with Gasteiger partial charge in [0.15, 0.2) is 5.82 Å². The molecule has 0 aliphatic heterocycles. The minimum Gasteiger partial charge on any atom is -0.322 e. The summed E-state index contributed by atoms with van der Waals surface area (Å²) in [7, 11) is 0. The van der Waals surface area contributed by atoms with Crippen LogP contribution >= 0.6 is 0 Å². The molecule has 0 aliphatic carbocycles. The van der Waals surface area contributed by atoms with Gasteiger partial charge in [0.2, 0.25) is 0 Å². The number of halogens is 1. The van der Waals surface area contributed by atoms with Crippen molar-refractivity contribution in [2.24, 2.45) is 0 Å². The molecule has 0 bridgehead atoms. The van der Waals surface area contributed by atoms with E-state index < -0.39 is 0 Å². The number of aryl methyl sites for hydroxylation is 3. The van der Waals surface area contributed by atoms with Crippen LogP contribution in [0.4, 0.5) is 10.1 Å². The maximum Gasteiger partial charge on any atom is 0.261 e. The van der Waals surface area contributed by atoms with Crippen LogP contribution in [0.5, 0.6) is 0 Å². The lowest BCUT2D eigenvalue weighted by Crippen LogP contribution is -2.16. The second kappa shape index (κ2) is 7.39. The first-order chi connectivity index (χ1) is 13.9. The molecule has 5 nitrogen and oxygen atoms in total. The Morgan fingerprint density at radius 2 is 1.69 bits per heavy atom. The van der Waals surface area contributed by atoms with E-state index in [9.17, 15) is 9.18 Å². The molecule has 0 unspecified atom stereocenters. The normalized spacial score (nSPS) is 10.9. The van der Waals surface area contributed by atoms with Crippen molar-refractivity contribution in [2.45, 2.75) is 20.8 Å². The maximum atomic E-state index is 13.4. The Hall–Kier alpha value is -3.67. The van der Waals surface area contributed by atoms with Crippen LogP contribution < -0.4 is 5.32 Å². The van der Waals surface area contributed by atoms with Gasteiger partial charge in [0.05, 0.1) is 11.4 Å². The number of amides is 1. The fourth-order valence-corrected chi connectivity index (χ4v) is 3.40. The third-order valence-electron chi connectivity index (χ3n) is 4.81. The topological polar surface area (TPSA) is 51.9 Å². The predicted molar refractivity (Wildman–Crippen MR) is 111 cm³/mol. The first-order valence-corrected chi connectivity index (χ1v) is 9.31. The van der Waals surface area contributed by atoms with Gasteiger partial charge < -0.3 is 9.88 Å². The van der Waals surface area contributed by atoms with Gasteiger partial charge in [-0.15, -0.1) is 0 Å². The zero-order chi connectivity index (χ0) is 20.5. The minimum absolute atomic E-state index is 0.244. The van der Waals surface area contributed by atoms with E-state index in [1.54, 1.807) is 23.7 Å². The fourth-order valence-electron chi connectivity index (χ4n) is 3.40. The fraction of sp³-hybridized carbons (Fsp3) is 0.130. The highest BCUT2D eigenvalue weighted by Crippen LogP contribution is 2.25. The van der Waals surface area contributed by atoms with Crippen molar-refractivity contribution in [1.82, 2.24) is 14.3 Å². The van der Waals surface area contributed by atoms with Gasteiger partial charge in [-0.1, -0.05) is 17.7 Å². The predicted octanol–water partition coefficient (Wildman–Crippen LogP) is 4.98. The van der Waals surface area contributed by atoms with E-state index in [4.69, 9.17) is 0 Å². The van der Waals surface area contributed by atoms with Gasteiger partial charge in [0, 0.05) is 18.1 Å². The third kappa shape index (κ3) is 3.57. The number of hydrogen-bond acceptors (Lipinski definition) is 2. The van der Waals surface area contributed by atoms with Crippen LogP contribution in [0.15, 0.2) is 67.0 Å². The summed E-state index contributed by atoms with van der Waals surface area (Å²) in [5.41, 5.74) is 4.60. The monoisotopic (exact) mass is 388 g/mol. The third-order valence-corrected chi connectivity index (χ3v) is 4.81. The Balaban J connectivity index is 1.82. The summed E-state index contributed by atoms with van der Waals surface area (Å²) in [5, 5.41) is 7.58. The summed E-state index contributed by atoms with van der Waals surface area (Å²) in [5.74, 6) is 0.0286. The number of carbonyl (C=O) groups excluding carboxylic acids is 1. The van der Waals surface area contributed by atoms with Gasteiger partial charge >= 0.3 is 0 Å². The van der Waals surface area contributed by atoms with Gasteiger partial charge in [-0.3, -0.25) is 4.79 Å². The molecule has 0 saturated heterocycles. The Kier molecular flexibility index (Phi) is 4.76. The van der Waals surface area contributed by atoms with Crippen LogP contribution in [0.3, 0.4) is 0 Å². The van der Waals surface area contributed by atoms with Crippen molar-refractivity contribution in [3.8, 4) is 11.5 Å². The highest BCUT2D eigenvalue weighted by Gasteiger charge is 2.24. The van der Waals surface area contributed by atoms with Gasteiger partial charge in [-0.2, -0.15) is 5.10 Å². The van der Waals surface area contributed by atoms with Crippen LogP contribution in [0.1, 0.15) is 27.2 Å². The largest absolute Gasteiger partial charge is 0.322 e. The summed E-state index contributed by atoms with van der Waals surface area (Å²) in [4.78, 5) is 13.2. The smallest absolute Gasteiger partial charge is 0.261 e. The zero-order valence-corrected chi connectivity index (χ0v) is 16.5. The molecule has 2 heterocycles. The first kappa shape index (κ1) is 18.7. The number of carbonyl (C=O) groups is 1. The second-order valence-electron chi connectivity index (χ2n) is 7.04. The second-order valence-corrected chi connectivity index (χ2v) is 7.04. The molecule has 0 saturated carbocycles. The molecule has 0 fully saturated rings. The van der Waals surface area contributed by atoms with Crippen LogP contribution in [0, 0.1) is 26.6 Å². The van der Waals surface area contributed by atoms with E-state index in [1.165, 1.54) is 12.1 Å². The number of hydrogen-bond donors (Lipinski definition) is 1. The number of nitrogens with one attached hydrogen (secondary N) is 1. The molecule has 6 heteroatoms. The van der Waals surface area contributed by atoms with Crippen LogP contribution in [0.2, 0.25) is 0 Å². The summed E-state index contributed by atoms with van der Waals surface area (Å²) in [6.07, 6.45) is 3.70. The lowest BCUT2D eigenvalue weighted by molar-refractivity contribution is 0.102. The van der Waals surface area contributed by atoms with Crippen LogP contribution in [-0.2, 0) is 0 Å². The minimum atomic E-state index is -0.326. The summed E-state index contributed by atoms with van der Waals surface area (Å²) in [6.45, 7) is 5.77. The molecule has 29 heavy (non-hydrogen) atoms. The molecular formula is C23H21FN4O. The van der Waals surface area contributed by atoms with E-state index in [-0.39, 0.29) is 11.7 Å². The molecule has 2 aromatic carbocycles. The lowest BCUT2D eigenvalue weighted by Gasteiger charge is -2.12. The summed E-state index contributed by atoms with van der Waals surface area (Å²) >= 11 is 0. The highest BCUT2D eigenvalue weighted by molar-refractivity contribution is 6.07. The highest BCUT2D eigenvalue weighted by atomic mass is 19.1. The number of anilines is 1. The van der Waals surface area contributed by atoms with Crippen molar-refractivity contribution in [3.05, 3.63) is 95.2 Å². The van der Waals surface area contributed by atoms with Crippen molar-refractivity contribution in [2.75, 3.05) is 5.32 Å². The first-order valence-electron chi connectivity index (χ1n) is 9.31. The standard InChI is InChI=1S/C23H21FN4O/c1-15-6-11-20(16(2)14-15)25-22(29)21-17(3)26-28(19-9-7-18(24)8-10-19)23(21)27-12-4-5-13-27/h4-14H,1-3H3,(H,25,29). The van der Waals surface area contributed by atoms with E-state index in [0.717, 1.165) is 16.8 Å². The van der Waals surface area contributed by atoms with E-state index in [1.807, 2.05) is 61.1 Å². The van der Waals surface area contributed by atoms with Crippen LogP contribution in [0.25, 0.3) is 11.5 Å². The quantitative estimate of drug-likeness (QED) is 0.536. The molecule has 1 N–H and O–H groups in total. The van der Waals surface area contributed by atoms with Gasteiger partial charge in [0.25, 0.3) is 5.91 Å². The molecule has 4 aromatic rings. The average molecular weight is 388 g/mol. The molecule has 2 aromatic heterocycles. The molecular weight excluding hydrogens is 367 g/mol. The average Bonchev–Trinajstić information content (AvgIpc) is 3.32. The Labute approximate surface area is 168 Å². The molecule has 146 valence electrons. The molecule has 0 atom stereocenters. The van der Waals surface area contributed by atoms with Gasteiger partial charge in [0.1, 0.15) is 11.4 Å². The number of benzene rings is 2. The van der Waals surface area contributed by atoms with Crippen molar-refractivity contribution in [3.63, 3.8) is 0 Å². The van der Waals surface area contributed by atoms with E-state index in [2.05, 4.69) is 10.4 Å². The van der Waals surface area contributed by atoms with E-state index >= 15 is 0 Å². The van der Waals surface area contributed by atoms with Crippen molar-refractivity contribution >= 4 is 11.6 Å². The number of aromatic nitrogens is 3.